The fourth-order valence-corrected chi connectivity index (χ4v) is 2.94. The van der Waals surface area contributed by atoms with Crippen LogP contribution in [0.25, 0.3) is 0 Å². The monoisotopic (exact) mass is 245 g/mol. The summed E-state index contributed by atoms with van der Waals surface area (Å²) in [6, 6.07) is 3.29. The molecular formula is C10H12FNO3S. The van der Waals surface area contributed by atoms with Crippen molar-refractivity contribution in [3.05, 3.63) is 29.6 Å². The molecule has 0 amide bonds. The van der Waals surface area contributed by atoms with Crippen LogP contribution in [0.3, 0.4) is 0 Å². The van der Waals surface area contributed by atoms with Gasteiger partial charge in [-0.3, -0.25) is 0 Å². The molecule has 0 atom stereocenters. The van der Waals surface area contributed by atoms with Crippen LogP contribution in [-0.4, -0.2) is 19.6 Å². The Labute approximate surface area is 93.2 Å². The molecule has 0 bridgehead atoms. The van der Waals surface area contributed by atoms with Gasteiger partial charge in [0, 0.05) is 6.04 Å². The molecule has 0 aliphatic heterocycles. The second-order valence-corrected chi connectivity index (χ2v) is 5.49. The topological polar surface area (TPSA) is 66.4 Å². The maximum atomic E-state index is 13.0. The highest BCUT2D eigenvalue weighted by Crippen LogP contribution is 2.24. The lowest BCUT2D eigenvalue weighted by atomic mass is 10.2. The van der Waals surface area contributed by atoms with E-state index in [4.69, 9.17) is 5.11 Å². The van der Waals surface area contributed by atoms with Gasteiger partial charge < -0.3 is 5.11 Å². The first-order chi connectivity index (χ1) is 7.53. The van der Waals surface area contributed by atoms with E-state index >= 15 is 0 Å². The van der Waals surface area contributed by atoms with Gasteiger partial charge in [0.1, 0.15) is 5.82 Å². The minimum atomic E-state index is -3.71. The van der Waals surface area contributed by atoms with Crippen molar-refractivity contribution in [3.8, 4) is 0 Å². The van der Waals surface area contributed by atoms with Crippen LogP contribution in [0.1, 0.15) is 18.4 Å². The molecule has 1 aliphatic carbocycles. The van der Waals surface area contributed by atoms with Crippen LogP contribution < -0.4 is 4.72 Å². The summed E-state index contributed by atoms with van der Waals surface area (Å²) < 4.78 is 39.1. The number of sulfonamides is 1. The molecule has 0 spiro atoms. The van der Waals surface area contributed by atoms with Crippen molar-refractivity contribution in [2.45, 2.75) is 30.4 Å². The summed E-state index contributed by atoms with van der Waals surface area (Å²) in [6.45, 7) is -0.429. The molecule has 1 saturated carbocycles. The molecule has 4 nitrogen and oxygen atoms in total. The normalized spacial score (nSPS) is 16.4. The van der Waals surface area contributed by atoms with E-state index in [0.717, 1.165) is 25.0 Å². The van der Waals surface area contributed by atoms with E-state index in [-0.39, 0.29) is 16.5 Å². The Balaban J connectivity index is 2.40. The molecule has 0 saturated heterocycles. The molecule has 88 valence electrons. The van der Waals surface area contributed by atoms with Crippen molar-refractivity contribution < 1.29 is 17.9 Å². The highest BCUT2D eigenvalue weighted by Gasteiger charge is 2.29. The Morgan fingerprint density at radius 3 is 2.69 bits per heavy atom. The number of aliphatic hydroxyl groups is 1. The predicted molar refractivity (Wildman–Crippen MR) is 55.7 cm³/mol. The molecule has 1 aliphatic rings. The van der Waals surface area contributed by atoms with Gasteiger partial charge in [0.25, 0.3) is 0 Å². The third-order valence-corrected chi connectivity index (χ3v) is 3.99. The first-order valence-corrected chi connectivity index (χ1v) is 6.43. The van der Waals surface area contributed by atoms with Gasteiger partial charge in [-0.25, -0.2) is 17.5 Å². The van der Waals surface area contributed by atoms with Gasteiger partial charge in [-0.2, -0.15) is 0 Å². The highest BCUT2D eigenvalue weighted by molar-refractivity contribution is 7.89. The Kier molecular flexibility index (Phi) is 2.96. The molecule has 1 aromatic rings. The Morgan fingerprint density at radius 1 is 1.44 bits per heavy atom. The lowest BCUT2D eigenvalue weighted by Crippen LogP contribution is -2.26. The summed E-state index contributed by atoms with van der Waals surface area (Å²) in [5.41, 5.74) is 0.203. The summed E-state index contributed by atoms with van der Waals surface area (Å²) >= 11 is 0. The molecule has 0 heterocycles. The van der Waals surface area contributed by atoms with E-state index < -0.39 is 22.4 Å². The number of hydrogen-bond donors (Lipinski definition) is 2. The third-order valence-electron chi connectivity index (χ3n) is 2.39. The minimum absolute atomic E-state index is 0.0418. The molecule has 0 radical (unpaired) electrons. The highest BCUT2D eigenvalue weighted by atomic mass is 32.2. The van der Waals surface area contributed by atoms with E-state index in [9.17, 15) is 12.8 Å². The number of hydrogen-bond acceptors (Lipinski definition) is 3. The lowest BCUT2D eigenvalue weighted by Gasteiger charge is -2.09. The van der Waals surface area contributed by atoms with Gasteiger partial charge >= 0.3 is 0 Å². The van der Waals surface area contributed by atoms with Crippen molar-refractivity contribution in [3.63, 3.8) is 0 Å². The quantitative estimate of drug-likeness (QED) is 0.823. The molecule has 0 unspecified atom stereocenters. The second-order valence-electron chi connectivity index (χ2n) is 3.81. The smallest absolute Gasteiger partial charge is 0.241 e. The van der Waals surface area contributed by atoms with Crippen LogP contribution >= 0.6 is 0 Å². The molecule has 16 heavy (non-hydrogen) atoms. The van der Waals surface area contributed by atoms with E-state index in [1.165, 1.54) is 6.07 Å². The van der Waals surface area contributed by atoms with Crippen LogP contribution in [-0.2, 0) is 16.6 Å². The van der Waals surface area contributed by atoms with Crippen LogP contribution in [0.5, 0.6) is 0 Å². The zero-order valence-electron chi connectivity index (χ0n) is 8.48. The van der Waals surface area contributed by atoms with Crippen molar-refractivity contribution >= 4 is 10.0 Å². The summed E-state index contributed by atoms with van der Waals surface area (Å²) in [6.07, 6.45) is 1.62. The Morgan fingerprint density at radius 2 is 2.12 bits per heavy atom. The van der Waals surface area contributed by atoms with Crippen molar-refractivity contribution in [1.29, 1.82) is 0 Å². The zero-order chi connectivity index (χ0) is 11.8. The van der Waals surface area contributed by atoms with Gasteiger partial charge in [0.15, 0.2) is 0 Å². The van der Waals surface area contributed by atoms with Crippen LogP contribution in [0.2, 0.25) is 0 Å². The molecule has 6 heteroatoms. The lowest BCUT2D eigenvalue weighted by molar-refractivity contribution is 0.278. The zero-order valence-corrected chi connectivity index (χ0v) is 9.30. The number of halogens is 1. The molecular weight excluding hydrogens is 233 g/mol. The maximum Gasteiger partial charge on any atom is 0.241 e. The van der Waals surface area contributed by atoms with E-state index in [0.29, 0.717) is 0 Å². The average molecular weight is 245 g/mol. The van der Waals surface area contributed by atoms with Crippen LogP contribution in [0.15, 0.2) is 23.1 Å². The standard InChI is InChI=1S/C10H12FNO3S/c11-8-2-1-7(6-13)10(5-8)16(14,15)12-9-3-4-9/h1-2,5,9,12-13H,3-4,6H2. The summed E-state index contributed by atoms with van der Waals surface area (Å²) in [7, 11) is -3.71. The first-order valence-electron chi connectivity index (χ1n) is 4.94. The molecule has 2 rings (SSSR count). The third kappa shape index (κ3) is 2.40. The first kappa shape index (κ1) is 11.5. The Bertz CT molecular complexity index is 497. The summed E-state index contributed by atoms with van der Waals surface area (Å²) in [5.74, 6) is -0.631. The fraction of sp³-hybridized carbons (Fsp3) is 0.400. The Hall–Kier alpha value is -0.980. The predicted octanol–water partition coefficient (Wildman–Crippen LogP) is 0.759. The molecule has 1 aromatic carbocycles. The SMILES string of the molecule is O=S(=O)(NC1CC1)c1cc(F)ccc1CO. The minimum Gasteiger partial charge on any atom is -0.392 e. The number of aliphatic hydroxyl groups excluding tert-OH is 1. The average Bonchev–Trinajstić information content (AvgIpc) is 3.01. The van der Waals surface area contributed by atoms with Crippen molar-refractivity contribution in [2.24, 2.45) is 0 Å². The molecule has 0 aromatic heterocycles. The van der Waals surface area contributed by atoms with Crippen LogP contribution in [0, 0.1) is 5.82 Å². The van der Waals surface area contributed by atoms with Gasteiger partial charge in [-0.05, 0) is 30.5 Å². The van der Waals surface area contributed by atoms with Gasteiger partial charge in [0.05, 0.1) is 11.5 Å². The van der Waals surface area contributed by atoms with Crippen LogP contribution in [0.4, 0.5) is 4.39 Å². The fourth-order valence-electron chi connectivity index (χ4n) is 1.39. The molecule has 2 N–H and O–H groups in total. The summed E-state index contributed by atoms with van der Waals surface area (Å²) in [4.78, 5) is -0.179. The van der Waals surface area contributed by atoms with E-state index in [1.54, 1.807) is 0 Å². The van der Waals surface area contributed by atoms with Crippen molar-refractivity contribution in [2.75, 3.05) is 0 Å². The van der Waals surface area contributed by atoms with E-state index in [1.807, 2.05) is 0 Å². The van der Waals surface area contributed by atoms with E-state index in [2.05, 4.69) is 4.72 Å². The molecule has 1 fully saturated rings. The van der Waals surface area contributed by atoms with Gasteiger partial charge in [-0.1, -0.05) is 6.07 Å². The summed E-state index contributed by atoms with van der Waals surface area (Å²) in [5, 5.41) is 9.01. The van der Waals surface area contributed by atoms with Crippen molar-refractivity contribution in [1.82, 2.24) is 4.72 Å². The largest absolute Gasteiger partial charge is 0.392 e. The van der Waals surface area contributed by atoms with Gasteiger partial charge in [0.2, 0.25) is 10.0 Å². The number of rotatable bonds is 4. The van der Waals surface area contributed by atoms with Gasteiger partial charge in [-0.15, -0.1) is 0 Å². The number of nitrogens with one attached hydrogen (secondary N) is 1. The number of benzene rings is 1. The maximum absolute atomic E-state index is 13.0. The second kappa shape index (κ2) is 4.12.